The number of aliphatic imine (C=N–C) groups is 1. The Hall–Kier alpha value is -3.59. The summed E-state index contributed by atoms with van der Waals surface area (Å²) in [4.78, 5) is 8.08. The van der Waals surface area contributed by atoms with Crippen molar-refractivity contribution in [3.63, 3.8) is 0 Å². The summed E-state index contributed by atoms with van der Waals surface area (Å²) >= 11 is 0. The van der Waals surface area contributed by atoms with Crippen molar-refractivity contribution < 1.29 is 0 Å². The van der Waals surface area contributed by atoms with E-state index in [0.717, 1.165) is 23.3 Å². The predicted molar refractivity (Wildman–Crippen MR) is 130 cm³/mol. The van der Waals surface area contributed by atoms with Crippen molar-refractivity contribution in [1.29, 1.82) is 0 Å². The normalized spacial score (nSPS) is 21.9. The zero-order chi connectivity index (χ0) is 20.8. The maximum atomic E-state index is 4.68. The Kier molecular flexibility index (Phi) is 4.27. The SMILES string of the molecule is Cc1ccc2c(c1)[C@@H]1C=CC[C@H]1[C@@H](c1ccc(N=Cc3cc4ccccc4[nH]3)cc1)N2. The highest BCUT2D eigenvalue weighted by Gasteiger charge is 2.37. The van der Waals surface area contributed by atoms with Gasteiger partial charge in [0.1, 0.15) is 0 Å². The van der Waals surface area contributed by atoms with Crippen molar-refractivity contribution in [3.8, 4) is 0 Å². The van der Waals surface area contributed by atoms with Gasteiger partial charge in [-0.25, -0.2) is 0 Å². The molecule has 1 aromatic heterocycles. The number of para-hydroxylation sites is 1. The van der Waals surface area contributed by atoms with Crippen molar-refractivity contribution in [1.82, 2.24) is 4.98 Å². The van der Waals surface area contributed by atoms with Gasteiger partial charge in [0.15, 0.2) is 0 Å². The van der Waals surface area contributed by atoms with E-state index in [2.05, 4.69) is 101 Å². The maximum absolute atomic E-state index is 4.68. The van der Waals surface area contributed by atoms with Gasteiger partial charge in [-0.1, -0.05) is 60.2 Å². The Morgan fingerprint density at radius 3 is 2.71 bits per heavy atom. The number of hydrogen-bond acceptors (Lipinski definition) is 2. The molecule has 0 spiro atoms. The molecular weight excluding hydrogens is 378 g/mol. The molecule has 2 heterocycles. The van der Waals surface area contributed by atoms with Gasteiger partial charge in [0, 0.05) is 22.5 Å². The van der Waals surface area contributed by atoms with Crippen molar-refractivity contribution in [2.24, 2.45) is 10.9 Å². The molecule has 3 nitrogen and oxygen atoms in total. The molecule has 1 aliphatic heterocycles. The summed E-state index contributed by atoms with van der Waals surface area (Å²) < 4.78 is 0. The molecule has 1 aliphatic carbocycles. The van der Waals surface area contributed by atoms with Gasteiger partial charge < -0.3 is 10.3 Å². The number of nitrogens with zero attached hydrogens (tertiary/aromatic N) is 1. The third kappa shape index (κ3) is 3.27. The first kappa shape index (κ1) is 18.2. The monoisotopic (exact) mass is 403 g/mol. The van der Waals surface area contributed by atoms with Gasteiger partial charge in [-0.3, -0.25) is 4.99 Å². The number of benzene rings is 3. The van der Waals surface area contributed by atoms with Crippen LogP contribution < -0.4 is 5.32 Å². The highest BCUT2D eigenvalue weighted by atomic mass is 15.0. The topological polar surface area (TPSA) is 40.2 Å². The molecule has 31 heavy (non-hydrogen) atoms. The fraction of sp³-hybridized carbons (Fsp3) is 0.179. The molecule has 4 aromatic rings. The van der Waals surface area contributed by atoms with Gasteiger partial charge in [-0.2, -0.15) is 0 Å². The van der Waals surface area contributed by atoms with Crippen LogP contribution in [-0.4, -0.2) is 11.2 Å². The summed E-state index contributed by atoms with van der Waals surface area (Å²) in [6.07, 6.45) is 7.77. The smallest absolute Gasteiger partial charge is 0.0630 e. The Bertz CT molecular complexity index is 1280. The lowest BCUT2D eigenvalue weighted by Gasteiger charge is -2.37. The molecule has 3 aromatic carbocycles. The summed E-state index contributed by atoms with van der Waals surface area (Å²) in [5, 5.41) is 5.03. The average molecular weight is 404 g/mol. The molecule has 152 valence electrons. The first-order valence-electron chi connectivity index (χ1n) is 11.0. The highest BCUT2D eigenvalue weighted by molar-refractivity contribution is 5.90. The molecule has 0 radical (unpaired) electrons. The van der Waals surface area contributed by atoms with E-state index in [9.17, 15) is 0 Å². The van der Waals surface area contributed by atoms with Crippen LogP contribution in [0, 0.1) is 12.8 Å². The molecule has 6 rings (SSSR count). The van der Waals surface area contributed by atoms with Crippen LogP contribution in [0.4, 0.5) is 11.4 Å². The van der Waals surface area contributed by atoms with Crippen LogP contribution in [0.25, 0.3) is 10.9 Å². The Balaban J connectivity index is 1.25. The number of allylic oxidation sites excluding steroid dienone is 2. The van der Waals surface area contributed by atoms with Crippen molar-refractivity contribution >= 4 is 28.5 Å². The number of rotatable bonds is 3. The van der Waals surface area contributed by atoms with Crippen LogP contribution in [0.3, 0.4) is 0 Å². The van der Waals surface area contributed by atoms with Crippen molar-refractivity contribution in [3.05, 3.63) is 107 Å². The standard InChI is InChI=1S/C28H25N3/c1-18-9-14-27-25(15-18)23-6-4-7-24(23)28(31-27)19-10-12-21(13-11-19)29-17-22-16-20-5-2-3-8-26(20)30-22/h2-6,8-17,23-24,28,30-31H,7H2,1H3/t23-,24-,28-/m1/s1. The van der Waals surface area contributed by atoms with Gasteiger partial charge in [-0.05, 0) is 60.7 Å². The maximum Gasteiger partial charge on any atom is 0.0630 e. The zero-order valence-electron chi connectivity index (χ0n) is 17.5. The van der Waals surface area contributed by atoms with Crippen LogP contribution in [0.5, 0.6) is 0 Å². The summed E-state index contributed by atoms with van der Waals surface area (Å²) in [6, 6.07) is 26.2. The van der Waals surface area contributed by atoms with E-state index in [-0.39, 0.29) is 0 Å². The molecule has 0 saturated heterocycles. The molecule has 2 N–H and O–H groups in total. The number of fused-ring (bicyclic) bond motifs is 4. The summed E-state index contributed by atoms with van der Waals surface area (Å²) in [5.41, 5.74) is 8.49. The molecule has 3 heteroatoms. The fourth-order valence-electron chi connectivity index (χ4n) is 5.12. The molecular formula is C28H25N3. The number of nitrogens with one attached hydrogen (secondary N) is 2. The predicted octanol–water partition coefficient (Wildman–Crippen LogP) is 7.05. The number of aromatic nitrogens is 1. The molecule has 0 amide bonds. The summed E-state index contributed by atoms with van der Waals surface area (Å²) in [5.74, 6) is 1.07. The van der Waals surface area contributed by atoms with Gasteiger partial charge in [-0.15, -0.1) is 0 Å². The third-order valence-electron chi connectivity index (χ3n) is 6.67. The number of aromatic amines is 1. The van der Waals surface area contributed by atoms with Crippen molar-refractivity contribution in [2.75, 3.05) is 5.32 Å². The largest absolute Gasteiger partial charge is 0.378 e. The lowest BCUT2D eigenvalue weighted by atomic mass is 9.76. The Labute approximate surface area is 182 Å². The first-order valence-corrected chi connectivity index (χ1v) is 11.0. The van der Waals surface area contributed by atoms with E-state index in [1.165, 1.54) is 27.8 Å². The number of hydrogen-bond donors (Lipinski definition) is 2. The minimum atomic E-state index is 0.321. The molecule has 2 aliphatic rings. The molecule has 0 unspecified atom stereocenters. The van der Waals surface area contributed by atoms with Crippen LogP contribution in [0.1, 0.15) is 40.8 Å². The van der Waals surface area contributed by atoms with Crippen molar-refractivity contribution in [2.45, 2.75) is 25.3 Å². The summed E-state index contributed by atoms with van der Waals surface area (Å²) in [6.45, 7) is 2.18. The lowest BCUT2D eigenvalue weighted by Crippen LogP contribution is -2.29. The van der Waals surface area contributed by atoms with E-state index in [1.54, 1.807) is 0 Å². The van der Waals surface area contributed by atoms with Crippen LogP contribution in [0.15, 0.2) is 89.9 Å². The van der Waals surface area contributed by atoms with E-state index in [0.29, 0.717) is 17.9 Å². The van der Waals surface area contributed by atoms with E-state index in [1.807, 2.05) is 12.3 Å². The van der Waals surface area contributed by atoms with E-state index < -0.39 is 0 Å². The molecule has 3 atom stereocenters. The average Bonchev–Trinajstić information content (AvgIpc) is 3.45. The number of H-pyrrole nitrogens is 1. The van der Waals surface area contributed by atoms with Gasteiger partial charge in [0.2, 0.25) is 0 Å². The molecule has 0 fully saturated rings. The van der Waals surface area contributed by atoms with Gasteiger partial charge in [0.25, 0.3) is 0 Å². The van der Waals surface area contributed by atoms with E-state index >= 15 is 0 Å². The van der Waals surface area contributed by atoms with Crippen LogP contribution in [0.2, 0.25) is 0 Å². The Morgan fingerprint density at radius 2 is 1.84 bits per heavy atom. The second-order valence-corrected chi connectivity index (χ2v) is 8.73. The second kappa shape index (κ2) is 7.28. The van der Waals surface area contributed by atoms with Gasteiger partial charge >= 0.3 is 0 Å². The van der Waals surface area contributed by atoms with Gasteiger partial charge in [0.05, 0.1) is 23.6 Å². The zero-order valence-corrected chi connectivity index (χ0v) is 17.5. The summed E-state index contributed by atoms with van der Waals surface area (Å²) in [7, 11) is 0. The molecule has 0 bridgehead atoms. The molecule has 0 saturated carbocycles. The third-order valence-corrected chi connectivity index (χ3v) is 6.67. The van der Waals surface area contributed by atoms with Crippen LogP contribution in [-0.2, 0) is 0 Å². The van der Waals surface area contributed by atoms with Crippen LogP contribution >= 0.6 is 0 Å². The van der Waals surface area contributed by atoms with E-state index in [4.69, 9.17) is 0 Å². The highest BCUT2D eigenvalue weighted by Crippen LogP contribution is 2.50. The minimum Gasteiger partial charge on any atom is -0.378 e. The second-order valence-electron chi connectivity index (χ2n) is 8.73. The quantitative estimate of drug-likeness (QED) is 0.279. The minimum absolute atomic E-state index is 0.321. The number of aryl methyl sites for hydroxylation is 1. The fourth-order valence-corrected chi connectivity index (χ4v) is 5.12. The lowest BCUT2D eigenvalue weighted by molar-refractivity contribution is 0.425. The first-order chi connectivity index (χ1) is 15.2. The number of anilines is 1. The Morgan fingerprint density at radius 1 is 0.968 bits per heavy atom.